The Kier molecular flexibility index (Phi) is 1.90. The molecule has 1 aromatic carbocycles. The summed E-state index contributed by atoms with van der Waals surface area (Å²) >= 11 is 4.41. The molecule has 0 aliphatic carbocycles. The van der Waals surface area contributed by atoms with Gasteiger partial charge in [-0.05, 0) is 0 Å². The van der Waals surface area contributed by atoms with Gasteiger partial charge >= 0.3 is 75.3 Å². The molecule has 0 fully saturated rings. The van der Waals surface area contributed by atoms with Gasteiger partial charge in [0, 0.05) is 0 Å². The van der Waals surface area contributed by atoms with Crippen molar-refractivity contribution >= 4 is 36.1 Å². The van der Waals surface area contributed by atoms with E-state index in [9.17, 15) is 0 Å². The van der Waals surface area contributed by atoms with Crippen LogP contribution in [0.25, 0.3) is 11.0 Å². The summed E-state index contributed by atoms with van der Waals surface area (Å²) in [5.41, 5.74) is 2.21. The van der Waals surface area contributed by atoms with Crippen molar-refractivity contribution < 1.29 is 0 Å². The number of imidazole rings is 1. The van der Waals surface area contributed by atoms with Crippen LogP contribution in [0.2, 0.25) is 0 Å². The van der Waals surface area contributed by atoms with E-state index in [0.29, 0.717) is 0 Å². The molecule has 1 aromatic heterocycles. The van der Waals surface area contributed by atoms with Crippen molar-refractivity contribution in [1.29, 1.82) is 0 Å². The summed E-state index contributed by atoms with van der Waals surface area (Å²) in [6, 6.07) is 8.07. The van der Waals surface area contributed by atoms with Gasteiger partial charge in [-0.1, -0.05) is 0 Å². The number of aromatic nitrogens is 2. The number of thiol groups is 1. The predicted octanol–water partition coefficient (Wildman–Crippen LogP) is 1.35. The predicted molar refractivity (Wildman–Crippen MR) is 49.9 cm³/mol. The molecule has 0 N–H and O–H groups in total. The van der Waals surface area contributed by atoms with Crippen molar-refractivity contribution in [2.24, 2.45) is 0 Å². The molecule has 11 heavy (non-hydrogen) atoms. The average molecular weight is 229 g/mol. The van der Waals surface area contributed by atoms with E-state index >= 15 is 0 Å². The van der Waals surface area contributed by atoms with Crippen LogP contribution in [-0.2, 0) is 0 Å². The molecule has 0 bridgehead atoms. The average Bonchev–Trinajstić information content (AvgIpc) is 2.47. The second-order valence-electron chi connectivity index (χ2n) is 2.14. The third-order valence-corrected chi connectivity index (χ3v) is 3.40. The first-order valence-corrected chi connectivity index (χ1v) is 6.59. The summed E-state index contributed by atoms with van der Waals surface area (Å²) in [6.45, 7) is 0. The van der Waals surface area contributed by atoms with Crippen LogP contribution in [0, 0.1) is 0 Å². The molecule has 0 unspecified atom stereocenters. The van der Waals surface area contributed by atoms with Gasteiger partial charge in [-0.3, -0.25) is 0 Å². The molecule has 0 aliphatic heterocycles. The SMILES string of the molecule is S[Se]n1cnc2ccccc21. The van der Waals surface area contributed by atoms with Gasteiger partial charge in [0.25, 0.3) is 0 Å². The van der Waals surface area contributed by atoms with Crippen molar-refractivity contribution in [3.05, 3.63) is 30.6 Å². The Hall–Kier alpha value is -0.441. The summed E-state index contributed by atoms with van der Waals surface area (Å²) in [6.07, 6.45) is 1.83. The van der Waals surface area contributed by atoms with E-state index in [1.165, 1.54) is 5.52 Å². The van der Waals surface area contributed by atoms with E-state index in [1.807, 2.05) is 24.5 Å². The minimum atomic E-state index is 0.177. The molecular formula is C7H6N2SSe. The summed E-state index contributed by atoms with van der Waals surface area (Å²) in [5, 5.41) is 0. The fourth-order valence-corrected chi connectivity index (χ4v) is 2.37. The normalized spacial score (nSPS) is 10.6. The van der Waals surface area contributed by atoms with Crippen molar-refractivity contribution in [3.63, 3.8) is 0 Å². The molecule has 0 saturated heterocycles. The number of benzene rings is 1. The first kappa shape index (κ1) is 7.22. The molecule has 56 valence electrons. The molecule has 2 nitrogen and oxygen atoms in total. The van der Waals surface area contributed by atoms with Crippen LogP contribution in [0.4, 0.5) is 0 Å². The molecule has 0 radical (unpaired) electrons. The van der Waals surface area contributed by atoms with Gasteiger partial charge in [0.05, 0.1) is 0 Å². The van der Waals surface area contributed by atoms with Crippen LogP contribution in [0.15, 0.2) is 30.6 Å². The van der Waals surface area contributed by atoms with E-state index in [4.69, 9.17) is 0 Å². The number of fused-ring (bicyclic) bond motifs is 1. The van der Waals surface area contributed by atoms with E-state index in [1.54, 1.807) is 0 Å². The maximum atomic E-state index is 4.24. The molecule has 2 rings (SSSR count). The Morgan fingerprint density at radius 1 is 1.36 bits per heavy atom. The summed E-state index contributed by atoms with van der Waals surface area (Å²) in [4.78, 5) is 4.22. The fraction of sp³-hybridized carbons (Fsp3) is 0. The van der Waals surface area contributed by atoms with Crippen molar-refractivity contribution in [3.8, 4) is 0 Å². The van der Waals surface area contributed by atoms with E-state index < -0.39 is 0 Å². The van der Waals surface area contributed by atoms with E-state index in [2.05, 4.69) is 25.7 Å². The Morgan fingerprint density at radius 2 is 2.18 bits per heavy atom. The Balaban J connectivity index is 2.76. The van der Waals surface area contributed by atoms with Gasteiger partial charge in [-0.15, -0.1) is 0 Å². The molecule has 0 amide bonds. The molecule has 0 atom stereocenters. The number of hydrogen-bond acceptors (Lipinski definition) is 2. The summed E-state index contributed by atoms with van der Waals surface area (Å²) in [5.74, 6) is 0. The zero-order valence-electron chi connectivity index (χ0n) is 5.64. The topological polar surface area (TPSA) is 17.8 Å². The molecular weight excluding hydrogens is 223 g/mol. The monoisotopic (exact) mass is 230 g/mol. The molecule has 0 aliphatic rings. The van der Waals surface area contributed by atoms with Crippen LogP contribution in [0.1, 0.15) is 0 Å². The zero-order chi connectivity index (χ0) is 7.68. The summed E-state index contributed by atoms with van der Waals surface area (Å²) < 4.78 is 2.06. The Labute approximate surface area is 75.5 Å². The van der Waals surface area contributed by atoms with Crippen molar-refractivity contribution in [2.75, 3.05) is 0 Å². The summed E-state index contributed by atoms with van der Waals surface area (Å²) in [7, 11) is 0. The third-order valence-electron chi connectivity index (χ3n) is 1.51. The van der Waals surface area contributed by atoms with Gasteiger partial charge in [0.2, 0.25) is 0 Å². The minimum absolute atomic E-state index is 0.177. The van der Waals surface area contributed by atoms with Gasteiger partial charge in [0.1, 0.15) is 0 Å². The fourth-order valence-electron chi connectivity index (χ4n) is 1.00. The molecule has 2 aromatic rings. The molecule has 0 saturated carbocycles. The standard InChI is InChI=1S/C7H6N2SSe/c10-11-9-5-8-6-3-1-2-4-7(6)9/h1-5,10H. The molecule has 0 spiro atoms. The molecule has 1 heterocycles. The van der Waals surface area contributed by atoms with Crippen LogP contribution < -0.4 is 0 Å². The molecule has 4 heteroatoms. The quantitative estimate of drug-likeness (QED) is 0.577. The Bertz CT molecular complexity index is 371. The number of nitrogens with zero attached hydrogens (tertiary/aromatic N) is 2. The van der Waals surface area contributed by atoms with Crippen LogP contribution in [0.3, 0.4) is 0 Å². The second kappa shape index (κ2) is 2.89. The van der Waals surface area contributed by atoms with E-state index in [0.717, 1.165) is 5.52 Å². The number of rotatable bonds is 1. The third kappa shape index (κ3) is 1.18. The number of para-hydroxylation sites is 2. The van der Waals surface area contributed by atoms with Gasteiger partial charge in [-0.25, -0.2) is 0 Å². The second-order valence-corrected chi connectivity index (χ2v) is 4.16. The van der Waals surface area contributed by atoms with Crippen LogP contribution in [0.5, 0.6) is 0 Å². The van der Waals surface area contributed by atoms with Gasteiger partial charge in [0.15, 0.2) is 0 Å². The first-order chi connectivity index (χ1) is 5.42. The zero-order valence-corrected chi connectivity index (χ0v) is 8.24. The number of hydrogen-bond donors (Lipinski definition) is 1. The first-order valence-electron chi connectivity index (χ1n) is 3.16. The van der Waals surface area contributed by atoms with Crippen LogP contribution in [-0.4, -0.2) is 22.6 Å². The van der Waals surface area contributed by atoms with Crippen LogP contribution >= 0.6 is 11.0 Å². The maximum absolute atomic E-state index is 4.24. The van der Waals surface area contributed by atoms with Gasteiger partial charge < -0.3 is 0 Å². The van der Waals surface area contributed by atoms with Crippen molar-refractivity contribution in [2.45, 2.75) is 0 Å². The van der Waals surface area contributed by atoms with Crippen molar-refractivity contribution in [1.82, 2.24) is 8.57 Å². The van der Waals surface area contributed by atoms with E-state index in [-0.39, 0.29) is 14.1 Å². The Morgan fingerprint density at radius 3 is 3.00 bits per heavy atom. The van der Waals surface area contributed by atoms with Gasteiger partial charge in [-0.2, -0.15) is 0 Å².